The van der Waals surface area contributed by atoms with Crippen LogP contribution in [0.5, 0.6) is 0 Å². The van der Waals surface area contributed by atoms with Crippen molar-refractivity contribution < 1.29 is 32.6 Å². The lowest BCUT2D eigenvalue weighted by Gasteiger charge is -2.35. The van der Waals surface area contributed by atoms with Crippen LogP contribution in [0.15, 0.2) is 30.3 Å². The second-order valence-electron chi connectivity index (χ2n) is 8.69. The number of halogens is 2. The van der Waals surface area contributed by atoms with Crippen LogP contribution in [0, 0.1) is 0 Å². The molecule has 2 N–H and O–H groups in total. The SMILES string of the molecule is O=C1NC(CCCNCCOC2CCC(c3ccccc3)CC2)(C(=O)OCC(F)F)CCO1. The molecule has 184 valence electrons. The number of nitrogens with one attached hydrogen (secondary N) is 2. The van der Waals surface area contributed by atoms with Crippen molar-refractivity contribution >= 4 is 12.1 Å². The van der Waals surface area contributed by atoms with Crippen molar-refractivity contribution in [1.29, 1.82) is 0 Å². The standard InChI is InChI=1S/C24H34F2N2O5/c25-21(26)17-33-22(29)24(12-15-32-23(30)28-24)11-4-13-27-14-16-31-20-9-7-19(8-10-20)18-5-2-1-3-6-18/h1-3,5-6,19-21,27H,4,7-17H2,(H,28,30). The number of alkyl carbamates (subject to hydrolysis) is 1. The van der Waals surface area contributed by atoms with Gasteiger partial charge in [0, 0.05) is 13.0 Å². The first-order valence-corrected chi connectivity index (χ1v) is 11.8. The summed E-state index contributed by atoms with van der Waals surface area (Å²) < 4.78 is 40.3. The van der Waals surface area contributed by atoms with Crippen molar-refractivity contribution in [3.8, 4) is 0 Å². The molecule has 3 rings (SSSR count). The van der Waals surface area contributed by atoms with Gasteiger partial charge >= 0.3 is 12.1 Å². The fraction of sp³-hybridized carbons (Fsp3) is 0.667. The minimum atomic E-state index is -2.75. The maximum absolute atomic E-state index is 12.4. The average Bonchev–Trinajstić information content (AvgIpc) is 2.83. The molecule has 1 aromatic rings. The van der Waals surface area contributed by atoms with Gasteiger partial charge in [-0.25, -0.2) is 18.4 Å². The number of hydrogen-bond donors (Lipinski definition) is 2. The predicted molar refractivity (Wildman–Crippen MR) is 118 cm³/mol. The van der Waals surface area contributed by atoms with E-state index >= 15 is 0 Å². The molecule has 0 spiro atoms. The highest BCUT2D eigenvalue weighted by Gasteiger charge is 2.44. The topological polar surface area (TPSA) is 85.9 Å². The summed E-state index contributed by atoms with van der Waals surface area (Å²) >= 11 is 0. The molecule has 1 aromatic carbocycles. The van der Waals surface area contributed by atoms with Gasteiger partial charge in [0.25, 0.3) is 6.43 Å². The van der Waals surface area contributed by atoms with Crippen LogP contribution in [0.25, 0.3) is 0 Å². The van der Waals surface area contributed by atoms with Crippen molar-refractivity contribution in [3.63, 3.8) is 0 Å². The highest BCUT2D eigenvalue weighted by Crippen LogP contribution is 2.33. The van der Waals surface area contributed by atoms with Gasteiger partial charge in [-0.05, 0) is 56.6 Å². The summed E-state index contributed by atoms with van der Waals surface area (Å²) in [4.78, 5) is 24.0. The number of alkyl halides is 2. The van der Waals surface area contributed by atoms with Crippen molar-refractivity contribution in [3.05, 3.63) is 35.9 Å². The highest BCUT2D eigenvalue weighted by atomic mass is 19.3. The van der Waals surface area contributed by atoms with Crippen molar-refractivity contribution in [2.24, 2.45) is 0 Å². The molecule has 9 heteroatoms. The third kappa shape index (κ3) is 7.92. The van der Waals surface area contributed by atoms with Crippen LogP contribution in [0.3, 0.4) is 0 Å². The maximum Gasteiger partial charge on any atom is 0.408 e. The maximum atomic E-state index is 12.4. The zero-order valence-corrected chi connectivity index (χ0v) is 18.9. The first-order valence-electron chi connectivity index (χ1n) is 11.8. The summed E-state index contributed by atoms with van der Waals surface area (Å²) in [7, 11) is 0. The Labute approximate surface area is 193 Å². The molecule has 1 amide bonds. The number of cyclic esters (lactones) is 1. The normalized spacial score (nSPS) is 25.4. The van der Waals surface area contributed by atoms with Crippen LogP contribution in [0.1, 0.15) is 56.4 Å². The van der Waals surface area contributed by atoms with Crippen molar-refractivity contribution in [2.75, 3.05) is 32.9 Å². The molecule has 1 atom stereocenters. The van der Waals surface area contributed by atoms with E-state index in [1.54, 1.807) is 0 Å². The second-order valence-corrected chi connectivity index (χ2v) is 8.69. The molecular weight excluding hydrogens is 434 g/mol. The number of carbonyl (C=O) groups excluding carboxylic acids is 2. The Morgan fingerprint density at radius 1 is 1.18 bits per heavy atom. The second kappa shape index (κ2) is 12.8. The van der Waals surface area contributed by atoms with Gasteiger partial charge in [0.15, 0.2) is 6.61 Å². The highest BCUT2D eigenvalue weighted by molar-refractivity contribution is 5.86. The lowest BCUT2D eigenvalue weighted by atomic mass is 9.83. The van der Waals surface area contributed by atoms with Gasteiger partial charge in [0.05, 0.1) is 19.3 Å². The summed E-state index contributed by atoms with van der Waals surface area (Å²) in [5, 5.41) is 5.76. The van der Waals surface area contributed by atoms with E-state index in [1.807, 2.05) is 6.07 Å². The summed E-state index contributed by atoms with van der Waals surface area (Å²) in [5.74, 6) is -0.219. The number of amides is 1. The Kier molecular flexibility index (Phi) is 9.87. The van der Waals surface area contributed by atoms with Gasteiger partial charge in [-0.3, -0.25) is 0 Å². The molecule has 1 saturated carbocycles. The Bertz CT molecular complexity index is 744. The van der Waals surface area contributed by atoms with Crippen LogP contribution in [-0.4, -0.2) is 63.0 Å². The molecule has 1 aliphatic heterocycles. The van der Waals surface area contributed by atoms with Gasteiger partial charge in [0.1, 0.15) is 5.54 Å². The largest absolute Gasteiger partial charge is 0.458 e. The quantitative estimate of drug-likeness (QED) is 0.359. The summed E-state index contributed by atoms with van der Waals surface area (Å²) in [6.07, 6.45) is 2.23. The molecule has 2 aliphatic rings. The number of benzene rings is 1. The average molecular weight is 469 g/mol. The van der Waals surface area contributed by atoms with Crippen LogP contribution in [0.2, 0.25) is 0 Å². The summed E-state index contributed by atoms with van der Waals surface area (Å²) in [5.41, 5.74) is 0.0916. The number of rotatable bonds is 12. The fourth-order valence-corrected chi connectivity index (χ4v) is 4.56. The molecule has 0 radical (unpaired) electrons. The number of ether oxygens (including phenoxy) is 3. The van der Waals surface area contributed by atoms with E-state index in [2.05, 4.69) is 34.9 Å². The van der Waals surface area contributed by atoms with Crippen LogP contribution in [0.4, 0.5) is 13.6 Å². The van der Waals surface area contributed by atoms with Crippen molar-refractivity contribution in [1.82, 2.24) is 10.6 Å². The monoisotopic (exact) mass is 468 g/mol. The summed E-state index contributed by atoms with van der Waals surface area (Å²) in [6, 6.07) is 10.6. The molecule has 1 aliphatic carbocycles. The fourth-order valence-electron chi connectivity index (χ4n) is 4.56. The number of esters is 1. The molecular formula is C24H34F2N2O5. The summed E-state index contributed by atoms with van der Waals surface area (Å²) in [6.45, 7) is 0.942. The lowest BCUT2D eigenvalue weighted by molar-refractivity contribution is -0.158. The molecule has 1 saturated heterocycles. The first kappa shape index (κ1) is 25.4. The van der Waals surface area contributed by atoms with Crippen LogP contribution >= 0.6 is 0 Å². The predicted octanol–water partition coefficient (Wildman–Crippen LogP) is 3.78. The van der Waals surface area contributed by atoms with E-state index in [-0.39, 0.29) is 25.6 Å². The minimum Gasteiger partial charge on any atom is -0.458 e. The molecule has 0 bridgehead atoms. The zero-order chi connectivity index (χ0) is 23.5. The Balaban J connectivity index is 1.30. The third-order valence-electron chi connectivity index (χ3n) is 6.37. The van der Waals surface area contributed by atoms with Crippen LogP contribution in [-0.2, 0) is 19.0 Å². The smallest absolute Gasteiger partial charge is 0.408 e. The van der Waals surface area contributed by atoms with Gasteiger partial charge in [-0.2, -0.15) is 0 Å². The molecule has 1 heterocycles. The minimum absolute atomic E-state index is 0.0450. The van der Waals surface area contributed by atoms with Crippen molar-refractivity contribution in [2.45, 2.75) is 68.9 Å². The molecule has 0 aromatic heterocycles. The number of hydrogen-bond acceptors (Lipinski definition) is 6. The van der Waals surface area contributed by atoms with E-state index in [4.69, 9.17) is 14.2 Å². The van der Waals surface area contributed by atoms with Gasteiger partial charge in [0.2, 0.25) is 0 Å². The number of carbonyl (C=O) groups is 2. The Morgan fingerprint density at radius 2 is 1.94 bits per heavy atom. The molecule has 2 fully saturated rings. The van der Waals surface area contributed by atoms with E-state index < -0.39 is 30.6 Å². The first-order chi connectivity index (χ1) is 16.0. The van der Waals surface area contributed by atoms with E-state index in [1.165, 1.54) is 5.56 Å². The van der Waals surface area contributed by atoms with E-state index in [0.29, 0.717) is 32.0 Å². The van der Waals surface area contributed by atoms with Gasteiger partial charge < -0.3 is 24.8 Å². The van der Waals surface area contributed by atoms with Gasteiger partial charge in [-0.1, -0.05) is 30.3 Å². The zero-order valence-electron chi connectivity index (χ0n) is 18.9. The van der Waals surface area contributed by atoms with Crippen LogP contribution < -0.4 is 10.6 Å². The van der Waals surface area contributed by atoms with E-state index in [0.717, 1.165) is 25.7 Å². The van der Waals surface area contributed by atoms with E-state index in [9.17, 15) is 18.4 Å². The Morgan fingerprint density at radius 3 is 2.64 bits per heavy atom. The third-order valence-corrected chi connectivity index (χ3v) is 6.37. The molecule has 33 heavy (non-hydrogen) atoms. The van der Waals surface area contributed by atoms with Gasteiger partial charge in [-0.15, -0.1) is 0 Å². The lowest BCUT2D eigenvalue weighted by Crippen LogP contribution is -2.59. The Hall–Kier alpha value is -2.26. The molecule has 1 unspecified atom stereocenters. The molecule has 7 nitrogen and oxygen atoms in total.